The molecule has 1 aliphatic carbocycles. The van der Waals surface area contributed by atoms with Gasteiger partial charge in [-0.2, -0.15) is 0 Å². The van der Waals surface area contributed by atoms with Crippen LogP contribution in [0.3, 0.4) is 0 Å². The van der Waals surface area contributed by atoms with Gasteiger partial charge in [-0.25, -0.2) is 15.8 Å². The fourth-order valence-corrected chi connectivity index (χ4v) is 1.65. The zero-order valence-electron chi connectivity index (χ0n) is 9.12. The third-order valence-corrected chi connectivity index (χ3v) is 2.81. The predicted molar refractivity (Wildman–Crippen MR) is 60.3 cm³/mol. The summed E-state index contributed by atoms with van der Waals surface area (Å²) in [7, 11) is 0. The number of nitrogens with zero attached hydrogens (tertiary/aromatic N) is 2. The van der Waals surface area contributed by atoms with Gasteiger partial charge in [0.1, 0.15) is 17.5 Å². The topological polar surface area (TPSA) is 75.9 Å². The van der Waals surface area contributed by atoms with E-state index in [1.165, 1.54) is 6.42 Å². The third-order valence-electron chi connectivity index (χ3n) is 2.81. The first-order valence-corrected chi connectivity index (χ1v) is 5.25. The lowest BCUT2D eigenvalue weighted by Gasteiger charge is -2.07. The van der Waals surface area contributed by atoms with E-state index in [0.717, 1.165) is 30.0 Å². The number of hydrogen-bond acceptors (Lipinski definition) is 5. The van der Waals surface area contributed by atoms with Gasteiger partial charge in [0.05, 0.1) is 0 Å². The summed E-state index contributed by atoms with van der Waals surface area (Å²) in [6, 6.07) is 1.82. The minimum atomic E-state index is 0.647. The number of hydrazine groups is 1. The van der Waals surface area contributed by atoms with Crippen LogP contribution in [-0.2, 0) is 0 Å². The van der Waals surface area contributed by atoms with Crippen molar-refractivity contribution in [1.82, 2.24) is 9.97 Å². The summed E-state index contributed by atoms with van der Waals surface area (Å²) < 4.78 is 0. The van der Waals surface area contributed by atoms with Crippen molar-refractivity contribution in [3.63, 3.8) is 0 Å². The molecular weight excluding hydrogens is 190 g/mol. The molecule has 4 N–H and O–H groups in total. The third kappa shape index (κ3) is 2.56. The number of hydrogen-bond donors (Lipinski definition) is 3. The summed E-state index contributed by atoms with van der Waals surface area (Å²) in [6.45, 7) is 5.11. The normalized spacial score (nSPS) is 23.7. The Kier molecular flexibility index (Phi) is 2.73. The molecule has 82 valence electrons. The van der Waals surface area contributed by atoms with Gasteiger partial charge in [0.2, 0.25) is 0 Å². The van der Waals surface area contributed by atoms with Crippen molar-refractivity contribution in [2.24, 2.45) is 17.7 Å². The lowest BCUT2D eigenvalue weighted by molar-refractivity contribution is 0.783. The summed E-state index contributed by atoms with van der Waals surface area (Å²) in [6.07, 6.45) is 1.32. The first-order valence-electron chi connectivity index (χ1n) is 5.25. The lowest BCUT2D eigenvalue weighted by atomic mass is 10.3. The lowest BCUT2D eigenvalue weighted by Crippen LogP contribution is -2.12. The van der Waals surface area contributed by atoms with E-state index < -0.39 is 0 Å². The molecule has 0 amide bonds. The van der Waals surface area contributed by atoms with Crippen LogP contribution in [-0.4, -0.2) is 16.5 Å². The zero-order chi connectivity index (χ0) is 10.8. The van der Waals surface area contributed by atoms with E-state index in [-0.39, 0.29) is 0 Å². The van der Waals surface area contributed by atoms with Crippen molar-refractivity contribution in [2.45, 2.75) is 20.3 Å². The SMILES string of the molecule is Cc1nc(NN)cc(NCC2CC2C)n1. The highest BCUT2D eigenvalue weighted by molar-refractivity contribution is 5.46. The van der Waals surface area contributed by atoms with Crippen LogP contribution in [0.1, 0.15) is 19.2 Å². The van der Waals surface area contributed by atoms with Crippen LogP contribution in [0.2, 0.25) is 0 Å². The monoisotopic (exact) mass is 207 g/mol. The van der Waals surface area contributed by atoms with E-state index in [4.69, 9.17) is 5.84 Å². The molecule has 1 aromatic rings. The maximum absolute atomic E-state index is 5.31. The second-order valence-electron chi connectivity index (χ2n) is 4.18. The minimum absolute atomic E-state index is 0.647. The highest BCUT2D eigenvalue weighted by Gasteiger charge is 2.31. The molecular formula is C10H17N5. The van der Waals surface area contributed by atoms with Gasteiger partial charge in [-0.15, -0.1) is 0 Å². The van der Waals surface area contributed by atoms with Gasteiger partial charge in [-0.05, 0) is 25.2 Å². The van der Waals surface area contributed by atoms with Gasteiger partial charge < -0.3 is 10.7 Å². The molecule has 1 aliphatic rings. The van der Waals surface area contributed by atoms with Crippen molar-refractivity contribution >= 4 is 11.6 Å². The van der Waals surface area contributed by atoms with Gasteiger partial charge >= 0.3 is 0 Å². The van der Waals surface area contributed by atoms with E-state index in [1.807, 2.05) is 13.0 Å². The average Bonchev–Trinajstić information content (AvgIpc) is 2.91. The number of nitrogen functional groups attached to an aromatic ring is 1. The van der Waals surface area contributed by atoms with Gasteiger partial charge in [0.25, 0.3) is 0 Å². The molecule has 0 aliphatic heterocycles. The van der Waals surface area contributed by atoms with Crippen molar-refractivity contribution in [3.8, 4) is 0 Å². The maximum Gasteiger partial charge on any atom is 0.145 e. The fraction of sp³-hybridized carbons (Fsp3) is 0.600. The van der Waals surface area contributed by atoms with Crippen molar-refractivity contribution in [1.29, 1.82) is 0 Å². The van der Waals surface area contributed by atoms with Crippen molar-refractivity contribution in [3.05, 3.63) is 11.9 Å². The van der Waals surface area contributed by atoms with E-state index >= 15 is 0 Å². The van der Waals surface area contributed by atoms with E-state index in [2.05, 4.69) is 27.6 Å². The van der Waals surface area contributed by atoms with E-state index in [0.29, 0.717) is 5.82 Å². The number of nitrogens with two attached hydrogens (primary N) is 1. The highest BCUT2D eigenvalue weighted by Crippen LogP contribution is 2.37. The number of aromatic nitrogens is 2. The second-order valence-corrected chi connectivity index (χ2v) is 4.18. The zero-order valence-corrected chi connectivity index (χ0v) is 9.12. The van der Waals surface area contributed by atoms with E-state index in [9.17, 15) is 0 Å². The quantitative estimate of drug-likeness (QED) is 0.510. The highest BCUT2D eigenvalue weighted by atomic mass is 15.3. The van der Waals surface area contributed by atoms with Gasteiger partial charge in [0, 0.05) is 12.6 Å². The summed E-state index contributed by atoms with van der Waals surface area (Å²) in [5.41, 5.74) is 2.53. The Morgan fingerprint density at radius 3 is 2.73 bits per heavy atom. The van der Waals surface area contributed by atoms with Crippen LogP contribution in [0.15, 0.2) is 6.07 Å². The summed E-state index contributed by atoms with van der Waals surface area (Å²) in [4.78, 5) is 8.41. The molecule has 15 heavy (non-hydrogen) atoms. The van der Waals surface area contributed by atoms with Crippen LogP contribution in [0.4, 0.5) is 11.6 Å². The number of anilines is 2. The van der Waals surface area contributed by atoms with Gasteiger partial charge in [0.15, 0.2) is 0 Å². The Bertz CT molecular complexity index is 352. The Morgan fingerprint density at radius 1 is 1.47 bits per heavy atom. The smallest absolute Gasteiger partial charge is 0.145 e. The average molecular weight is 207 g/mol. The summed E-state index contributed by atoms with van der Waals surface area (Å²) in [5, 5.41) is 3.31. The Morgan fingerprint density at radius 2 is 2.13 bits per heavy atom. The molecule has 0 radical (unpaired) electrons. The summed E-state index contributed by atoms with van der Waals surface area (Å²) in [5.74, 6) is 9.17. The predicted octanol–water partition coefficient (Wildman–Crippen LogP) is 1.14. The molecule has 5 nitrogen and oxygen atoms in total. The first kappa shape index (κ1) is 10.2. The molecule has 0 saturated heterocycles. The Labute approximate surface area is 89.5 Å². The number of rotatable bonds is 4. The molecule has 2 atom stereocenters. The number of nitrogens with one attached hydrogen (secondary N) is 2. The summed E-state index contributed by atoms with van der Waals surface area (Å²) >= 11 is 0. The molecule has 2 unspecified atom stereocenters. The molecule has 5 heteroatoms. The van der Waals surface area contributed by atoms with Gasteiger partial charge in [-0.3, -0.25) is 0 Å². The molecule has 2 rings (SSSR count). The van der Waals surface area contributed by atoms with Crippen LogP contribution >= 0.6 is 0 Å². The van der Waals surface area contributed by atoms with Crippen LogP contribution < -0.4 is 16.6 Å². The van der Waals surface area contributed by atoms with Crippen molar-refractivity contribution < 1.29 is 0 Å². The van der Waals surface area contributed by atoms with Crippen LogP contribution in [0.25, 0.3) is 0 Å². The maximum atomic E-state index is 5.31. The largest absolute Gasteiger partial charge is 0.370 e. The first-order chi connectivity index (χ1) is 7.19. The Balaban J connectivity index is 1.97. The Hall–Kier alpha value is -1.36. The minimum Gasteiger partial charge on any atom is -0.370 e. The molecule has 1 aromatic heterocycles. The van der Waals surface area contributed by atoms with Crippen molar-refractivity contribution in [2.75, 3.05) is 17.3 Å². The molecule has 0 spiro atoms. The molecule has 0 bridgehead atoms. The van der Waals surface area contributed by atoms with E-state index in [1.54, 1.807) is 0 Å². The second kappa shape index (κ2) is 4.02. The molecule has 0 aromatic carbocycles. The molecule has 1 saturated carbocycles. The molecule has 1 heterocycles. The molecule has 1 fully saturated rings. The van der Waals surface area contributed by atoms with Crippen LogP contribution in [0, 0.1) is 18.8 Å². The number of aryl methyl sites for hydroxylation is 1. The van der Waals surface area contributed by atoms with Crippen LogP contribution in [0.5, 0.6) is 0 Å². The van der Waals surface area contributed by atoms with Gasteiger partial charge in [-0.1, -0.05) is 6.92 Å². The standard InChI is InChI=1S/C10H17N5/c1-6-3-8(6)5-12-9-4-10(15-11)14-7(2)13-9/h4,6,8H,3,5,11H2,1-2H3,(H2,12,13,14,15). The fourth-order valence-electron chi connectivity index (χ4n) is 1.65.